The van der Waals surface area contributed by atoms with Crippen molar-refractivity contribution in [2.24, 2.45) is 5.92 Å². The van der Waals surface area contributed by atoms with Crippen LogP contribution < -0.4 is 5.32 Å². The van der Waals surface area contributed by atoms with E-state index < -0.39 is 0 Å². The van der Waals surface area contributed by atoms with Crippen LogP contribution in [0, 0.1) is 5.92 Å². The van der Waals surface area contributed by atoms with Crippen molar-refractivity contribution in [2.75, 3.05) is 32.8 Å². The highest BCUT2D eigenvalue weighted by molar-refractivity contribution is 4.93. The summed E-state index contributed by atoms with van der Waals surface area (Å²) >= 11 is 0. The van der Waals surface area contributed by atoms with E-state index in [1.165, 1.54) is 45.2 Å². The second-order valence-corrected chi connectivity index (χ2v) is 6.02. The number of piperazine rings is 1. The number of rotatable bonds is 8. The Morgan fingerprint density at radius 3 is 2.72 bits per heavy atom. The van der Waals surface area contributed by atoms with Gasteiger partial charge >= 0.3 is 0 Å². The Morgan fingerprint density at radius 2 is 2.00 bits per heavy atom. The monoisotopic (exact) mass is 254 g/mol. The second kappa shape index (κ2) is 7.46. The van der Waals surface area contributed by atoms with Gasteiger partial charge in [-0.1, -0.05) is 13.3 Å². The van der Waals surface area contributed by atoms with Crippen LogP contribution in [0.15, 0.2) is 0 Å². The standard InChI is InChI=1S/C15H30N2O/c1-3-4-9-18-10-5-8-17-12-15(14-6-7-14)16-11-13(17)2/h13-16H,3-12H2,1-2H3. The number of ether oxygens (including phenoxy) is 1. The van der Waals surface area contributed by atoms with E-state index in [1.54, 1.807) is 0 Å². The summed E-state index contributed by atoms with van der Waals surface area (Å²) in [6.07, 6.45) is 6.51. The molecule has 2 fully saturated rings. The van der Waals surface area contributed by atoms with Gasteiger partial charge in [-0.3, -0.25) is 4.90 Å². The fourth-order valence-corrected chi connectivity index (χ4v) is 2.79. The molecule has 106 valence electrons. The SMILES string of the molecule is CCCCOCCCN1CC(C2CC2)NCC1C. The molecular formula is C15H30N2O. The molecule has 2 unspecified atom stereocenters. The maximum Gasteiger partial charge on any atom is 0.0478 e. The van der Waals surface area contributed by atoms with E-state index >= 15 is 0 Å². The third-order valence-corrected chi connectivity index (χ3v) is 4.30. The Morgan fingerprint density at radius 1 is 1.22 bits per heavy atom. The van der Waals surface area contributed by atoms with E-state index in [0.29, 0.717) is 6.04 Å². The van der Waals surface area contributed by atoms with Crippen molar-refractivity contribution in [3.05, 3.63) is 0 Å². The molecule has 1 heterocycles. The zero-order valence-corrected chi connectivity index (χ0v) is 12.2. The first-order valence-corrected chi connectivity index (χ1v) is 7.86. The number of hydrogen-bond acceptors (Lipinski definition) is 3. The molecule has 1 saturated heterocycles. The first-order chi connectivity index (χ1) is 8.81. The Bertz CT molecular complexity index is 231. The zero-order valence-electron chi connectivity index (χ0n) is 12.2. The van der Waals surface area contributed by atoms with Gasteiger partial charge in [-0.15, -0.1) is 0 Å². The minimum absolute atomic E-state index is 0.690. The minimum Gasteiger partial charge on any atom is -0.381 e. The van der Waals surface area contributed by atoms with Crippen molar-refractivity contribution in [3.63, 3.8) is 0 Å². The Kier molecular flexibility index (Phi) is 5.93. The maximum absolute atomic E-state index is 5.64. The second-order valence-electron chi connectivity index (χ2n) is 6.02. The largest absolute Gasteiger partial charge is 0.381 e. The molecule has 1 aliphatic heterocycles. The highest BCUT2D eigenvalue weighted by Crippen LogP contribution is 2.34. The molecule has 0 aromatic rings. The van der Waals surface area contributed by atoms with E-state index in [9.17, 15) is 0 Å². The molecule has 1 saturated carbocycles. The minimum atomic E-state index is 0.690. The van der Waals surface area contributed by atoms with Crippen LogP contribution in [0.2, 0.25) is 0 Å². The Labute approximate surface area is 112 Å². The van der Waals surface area contributed by atoms with Gasteiger partial charge in [0, 0.05) is 44.9 Å². The highest BCUT2D eigenvalue weighted by atomic mass is 16.5. The molecule has 2 rings (SSSR count). The summed E-state index contributed by atoms with van der Waals surface area (Å²) in [7, 11) is 0. The van der Waals surface area contributed by atoms with E-state index in [2.05, 4.69) is 24.1 Å². The summed E-state index contributed by atoms with van der Waals surface area (Å²) in [4.78, 5) is 2.66. The fourth-order valence-electron chi connectivity index (χ4n) is 2.79. The predicted molar refractivity (Wildman–Crippen MR) is 75.9 cm³/mol. The van der Waals surface area contributed by atoms with Crippen molar-refractivity contribution >= 4 is 0 Å². The van der Waals surface area contributed by atoms with Crippen LogP contribution in [0.5, 0.6) is 0 Å². The smallest absolute Gasteiger partial charge is 0.0478 e. The fraction of sp³-hybridized carbons (Fsp3) is 1.00. The molecule has 0 spiro atoms. The highest BCUT2D eigenvalue weighted by Gasteiger charge is 2.35. The lowest BCUT2D eigenvalue weighted by atomic mass is 10.1. The van der Waals surface area contributed by atoms with Crippen LogP contribution in [0.1, 0.15) is 46.0 Å². The average Bonchev–Trinajstić information content (AvgIpc) is 3.20. The number of nitrogens with one attached hydrogen (secondary N) is 1. The van der Waals surface area contributed by atoms with Gasteiger partial charge in [0.15, 0.2) is 0 Å². The van der Waals surface area contributed by atoms with Gasteiger partial charge in [-0.05, 0) is 38.5 Å². The first-order valence-electron chi connectivity index (χ1n) is 7.86. The molecule has 1 N–H and O–H groups in total. The van der Waals surface area contributed by atoms with Crippen molar-refractivity contribution in [3.8, 4) is 0 Å². The Balaban J connectivity index is 1.58. The van der Waals surface area contributed by atoms with Crippen LogP contribution in [0.3, 0.4) is 0 Å². The van der Waals surface area contributed by atoms with Crippen LogP contribution >= 0.6 is 0 Å². The third kappa shape index (κ3) is 4.52. The van der Waals surface area contributed by atoms with E-state index in [1.807, 2.05) is 0 Å². The van der Waals surface area contributed by atoms with E-state index in [0.717, 1.165) is 31.7 Å². The van der Waals surface area contributed by atoms with Gasteiger partial charge in [0.05, 0.1) is 0 Å². The molecule has 0 radical (unpaired) electrons. The summed E-state index contributed by atoms with van der Waals surface area (Å²) in [5, 5.41) is 3.71. The molecule has 2 atom stereocenters. The molecule has 2 aliphatic rings. The number of nitrogens with zero attached hydrogens (tertiary/aromatic N) is 1. The Hall–Kier alpha value is -0.120. The van der Waals surface area contributed by atoms with Crippen molar-refractivity contribution < 1.29 is 4.74 Å². The number of unbranched alkanes of at least 4 members (excludes halogenated alkanes) is 1. The topological polar surface area (TPSA) is 24.5 Å². The average molecular weight is 254 g/mol. The molecule has 18 heavy (non-hydrogen) atoms. The number of hydrogen-bond donors (Lipinski definition) is 1. The molecular weight excluding hydrogens is 224 g/mol. The molecule has 3 heteroatoms. The normalized spacial score (nSPS) is 29.7. The lowest BCUT2D eigenvalue weighted by molar-refractivity contribution is 0.0928. The van der Waals surface area contributed by atoms with Crippen molar-refractivity contribution in [2.45, 2.75) is 58.0 Å². The van der Waals surface area contributed by atoms with Crippen LogP contribution in [0.4, 0.5) is 0 Å². The van der Waals surface area contributed by atoms with E-state index in [4.69, 9.17) is 4.74 Å². The molecule has 3 nitrogen and oxygen atoms in total. The van der Waals surface area contributed by atoms with Crippen LogP contribution in [-0.2, 0) is 4.74 Å². The molecule has 0 aromatic heterocycles. The van der Waals surface area contributed by atoms with Crippen LogP contribution in [0.25, 0.3) is 0 Å². The quantitative estimate of drug-likeness (QED) is 0.673. The molecule has 0 aromatic carbocycles. The van der Waals surface area contributed by atoms with Gasteiger partial charge in [-0.2, -0.15) is 0 Å². The van der Waals surface area contributed by atoms with E-state index in [-0.39, 0.29) is 0 Å². The van der Waals surface area contributed by atoms with Gasteiger partial charge < -0.3 is 10.1 Å². The predicted octanol–water partition coefficient (Wildman–Crippen LogP) is 2.27. The van der Waals surface area contributed by atoms with Crippen LogP contribution in [-0.4, -0.2) is 49.8 Å². The summed E-state index contributed by atoms with van der Waals surface area (Å²) in [5.41, 5.74) is 0. The van der Waals surface area contributed by atoms with Gasteiger partial charge in [0.25, 0.3) is 0 Å². The lowest BCUT2D eigenvalue weighted by Gasteiger charge is -2.39. The third-order valence-electron chi connectivity index (χ3n) is 4.30. The van der Waals surface area contributed by atoms with Gasteiger partial charge in [-0.25, -0.2) is 0 Å². The maximum atomic E-state index is 5.64. The zero-order chi connectivity index (χ0) is 12.8. The summed E-state index contributed by atoms with van der Waals surface area (Å²) in [6.45, 7) is 10.1. The van der Waals surface area contributed by atoms with Gasteiger partial charge in [0.2, 0.25) is 0 Å². The van der Waals surface area contributed by atoms with Crippen molar-refractivity contribution in [1.29, 1.82) is 0 Å². The van der Waals surface area contributed by atoms with Crippen molar-refractivity contribution in [1.82, 2.24) is 10.2 Å². The summed E-state index contributed by atoms with van der Waals surface area (Å²) in [5.74, 6) is 0.973. The molecule has 0 amide bonds. The van der Waals surface area contributed by atoms with Gasteiger partial charge in [0.1, 0.15) is 0 Å². The first kappa shape index (κ1) is 14.3. The molecule has 0 bridgehead atoms. The molecule has 1 aliphatic carbocycles. The summed E-state index contributed by atoms with van der Waals surface area (Å²) in [6, 6.07) is 1.46. The summed E-state index contributed by atoms with van der Waals surface area (Å²) < 4.78 is 5.64. The lowest BCUT2D eigenvalue weighted by Crippen LogP contribution is -2.56.